The van der Waals surface area contributed by atoms with E-state index in [0.717, 1.165) is 0 Å². The molecule has 0 aliphatic rings. The standard InChI is InChI=1S/C22H40N/c1-3-5-7-9-10-12-15-19-22(18-14-11-8-6-4-2)23-20-16-13-17-21-23/h13,16-17,20-22H,3-12,14-15,18-19H2,1-2H3/q+1. The molecule has 1 unspecified atom stereocenters. The summed E-state index contributed by atoms with van der Waals surface area (Å²) in [6, 6.07) is 7.19. The molecule has 0 saturated heterocycles. The van der Waals surface area contributed by atoms with E-state index in [1.54, 1.807) is 0 Å². The third-order valence-electron chi connectivity index (χ3n) is 4.94. The normalized spacial score (nSPS) is 12.4. The fourth-order valence-corrected chi connectivity index (χ4v) is 3.42. The second-order valence-corrected chi connectivity index (χ2v) is 7.09. The minimum atomic E-state index is 0.716. The average molecular weight is 319 g/mol. The third-order valence-corrected chi connectivity index (χ3v) is 4.94. The van der Waals surface area contributed by atoms with Crippen molar-refractivity contribution in [3.8, 4) is 0 Å². The maximum absolute atomic E-state index is 2.46. The summed E-state index contributed by atoms with van der Waals surface area (Å²) < 4.78 is 2.46. The van der Waals surface area contributed by atoms with E-state index in [2.05, 4.69) is 49.0 Å². The highest BCUT2D eigenvalue weighted by molar-refractivity contribution is 4.84. The first kappa shape index (κ1) is 20.2. The maximum atomic E-state index is 2.46. The van der Waals surface area contributed by atoms with E-state index in [0.29, 0.717) is 6.04 Å². The molecule has 1 atom stereocenters. The summed E-state index contributed by atoms with van der Waals surface area (Å²) in [7, 11) is 0. The van der Waals surface area contributed by atoms with Gasteiger partial charge in [-0.1, -0.05) is 84.1 Å². The molecule has 1 heterocycles. The predicted octanol–water partition coefficient (Wildman–Crippen LogP) is 7.02. The number of hydrogen-bond acceptors (Lipinski definition) is 0. The summed E-state index contributed by atoms with van der Waals surface area (Å²) in [5.74, 6) is 0. The molecule has 0 fully saturated rings. The van der Waals surface area contributed by atoms with E-state index >= 15 is 0 Å². The Morgan fingerprint density at radius 2 is 1.00 bits per heavy atom. The lowest BCUT2D eigenvalue weighted by molar-refractivity contribution is -0.724. The highest BCUT2D eigenvalue weighted by Crippen LogP contribution is 2.19. The monoisotopic (exact) mass is 318 g/mol. The lowest BCUT2D eigenvalue weighted by Gasteiger charge is -2.12. The number of pyridine rings is 1. The fraction of sp³-hybridized carbons (Fsp3) is 0.773. The van der Waals surface area contributed by atoms with Gasteiger partial charge in [0.15, 0.2) is 18.4 Å². The van der Waals surface area contributed by atoms with Crippen LogP contribution >= 0.6 is 0 Å². The molecule has 1 heteroatoms. The Hall–Kier alpha value is -0.850. The van der Waals surface area contributed by atoms with E-state index in [1.807, 2.05) is 0 Å². The molecular weight excluding hydrogens is 278 g/mol. The number of aromatic nitrogens is 1. The minimum absolute atomic E-state index is 0.716. The van der Waals surface area contributed by atoms with Crippen LogP contribution in [-0.2, 0) is 0 Å². The molecule has 0 aromatic carbocycles. The highest BCUT2D eigenvalue weighted by Gasteiger charge is 2.16. The zero-order valence-electron chi connectivity index (χ0n) is 15.8. The van der Waals surface area contributed by atoms with Gasteiger partial charge < -0.3 is 0 Å². The van der Waals surface area contributed by atoms with Gasteiger partial charge >= 0.3 is 0 Å². The van der Waals surface area contributed by atoms with Crippen LogP contribution in [0, 0.1) is 0 Å². The van der Waals surface area contributed by atoms with E-state index in [4.69, 9.17) is 0 Å². The first-order valence-corrected chi connectivity index (χ1v) is 10.3. The lowest BCUT2D eigenvalue weighted by Crippen LogP contribution is -2.38. The van der Waals surface area contributed by atoms with Crippen LogP contribution in [0.1, 0.15) is 110 Å². The number of hydrogen-bond donors (Lipinski definition) is 0. The molecule has 0 radical (unpaired) electrons. The molecule has 1 rings (SSSR count). The van der Waals surface area contributed by atoms with Crippen molar-refractivity contribution in [3.05, 3.63) is 30.6 Å². The van der Waals surface area contributed by atoms with Crippen molar-refractivity contribution < 1.29 is 4.57 Å². The molecule has 0 bridgehead atoms. The van der Waals surface area contributed by atoms with Crippen LogP contribution < -0.4 is 4.57 Å². The minimum Gasteiger partial charge on any atom is -0.202 e. The molecular formula is C22H40N+. The number of rotatable bonds is 15. The molecule has 1 aromatic rings. The summed E-state index contributed by atoms with van der Waals surface area (Å²) in [4.78, 5) is 0. The van der Waals surface area contributed by atoms with Gasteiger partial charge in [-0.15, -0.1) is 0 Å². The van der Waals surface area contributed by atoms with Gasteiger partial charge in [-0.25, -0.2) is 4.57 Å². The topological polar surface area (TPSA) is 3.88 Å². The van der Waals surface area contributed by atoms with Crippen LogP contribution in [0.3, 0.4) is 0 Å². The van der Waals surface area contributed by atoms with Crippen LogP contribution in [0.2, 0.25) is 0 Å². The highest BCUT2D eigenvalue weighted by atomic mass is 15.0. The largest absolute Gasteiger partial charge is 0.202 e. The molecule has 1 aromatic heterocycles. The quantitative estimate of drug-likeness (QED) is 0.242. The maximum Gasteiger partial charge on any atom is 0.169 e. The number of unbranched alkanes of at least 4 members (excludes halogenated alkanes) is 10. The molecule has 0 N–H and O–H groups in total. The number of nitrogens with zero attached hydrogens (tertiary/aromatic N) is 1. The molecule has 0 saturated carbocycles. The van der Waals surface area contributed by atoms with Crippen LogP contribution in [0.25, 0.3) is 0 Å². The van der Waals surface area contributed by atoms with Crippen LogP contribution in [0.5, 0.6) is 0 Å². The molecule has 132 valence electrons. The Labute approximate surface area is 145 Å². The Bertz CT molecular complexity index is 346. The molecule has 1 nitrogen and oxygen atoms in total. The van der Waals surface area contributed by atoms with Crippen molar-refractivity contribution in [1.29, 1.82) is 0 Å². The fourth-order valence-electron chi connectivity index (χ4n) is 3.42. The summed E-state index contributed by atoms with van der Waals surface area (Å²) in [6.45, 7) is 4.59. The Morgan fingerprint density at radius 3 is 1.48 bits per heavy atom. The first-order chi connectivity index (χ1) is 11.4. The van der Waals surface area contributed by atoms with Crippen molar-refractivity contribution in [1.82, 2.24) is 0 Å². The van der Waals surface area contributed by atoms with Crippen molar-refractivity contribution in [2.45, 2.75) is 110 Å². The van der Waals surface area contributed by atoms with Gasteiger partial charge in [0.1, 0.15) is 0 Å². The average Bonchev–Trinajstić information content (AvgIpc) is 2.59. The summed E-state index contributed by atoms with van der Waals surface area (Å²) in [5.41, 5.74) is 0. The van der Waals surface area contributed by atoms with E-state index in [1.165, 1.54) is 89.9 Å². The second kappa shape index (κ2) is 14.7. The van der Waals surface area contributed by atoms with E-state index in [-0.39, 0.29) is 0 Å². The predicted molar refractivity (Wildman–Crippen MR) is 102 cm³/mol. The van der Waals surface area contributed by atoms with E-state index in [9.17, 15) is 0 Å². The summed E-state index contributed by atoms with van der Waals surface area (Å²) >= 11 is 0. The summed E-state index contributed by atoms with van der Waals surface area (Å²) in [6.07, 6.45) is 24.1. The lowest BCUT2D eigenvalue weighted by atomic mass is 10.00. The van der Waals surface area contributed by atoms with Crippen molar-refractivity contribution in [2.24, 2.45) is 0 Å². The van der Waals surface area contributed by atoms with Gasteiger partial charge in [0.25, 0.3) is 0 Å². The Morgan fingerprint density at radius 1 is 0.565 bits per heavy atom. The molecule has 23 heavy (non-hydrogen) atoms. The Balaban J connectivity index is 2.25. The van der Waals surface area contributed by atoms with Gasteiger partial charge in [0, 0.05) is 25.0 Å². The summed E-state index contributed by atoms with van der Waals surface area (Å²) in [5, 5.41) is 0. The van der Waals surface area contributed by atoms with Crippen LogP contribution in [-0.4, -0.2) is 0 Å². The van der Waals surface area contributed by atoms with E-state index < -0.39 is 0 Å². The van der Waals surface area contributed by atoms with Crippen LogP contribution in [0.4, 0.5) is 0 Å². The molecule has 0 amide bonds. The molecule has 0 aliphatic carbocycles. The zero-order valence-corrected chi connectivity index (χ0v) is 15.8. The first-order valence-electron chi connectivity index (χ1n) is 10.3. The van der Waals surface area contributed by atoms with Gasteiger partial charge in [-0.3, -0.25) is 0 Å². The van der Waals surface area contributed by atoms with Gasteiger partial charge in [0.05, 0.1) is 0 Å². The van der Waals surface area contributed by atoms with Gasteiger partial charge in [0.2, 0.25) is 0 Å². The second-order valence-electron chi connectivity index (χ2n) is 7.09. The van der Waals surface area contributed by atoms with Crippen molar-refractivity contribution in [2.75, 3.05) is 0 Å². The third kappa shape index (κ3) is 10.5. The van der Waals surface area contributed by atoms with Gasteiger partial charge in [-0.2, -0.15) is 0 Å². The molecule has 0 aliphatic heterocycles. The van der Waals surface area contributed by atoms with Crippen molar-refractivity contribution in [3.63, 3.8) is 0 Å². The Kier molecular flexibility index (Phi) is 12.9. The van der Waals surface area contributed by atoms with Crippen LogP contribution in [0.15, 0.2) is 30.6 Å². The molecule has 0 spiro atoms. The van der Waals surface area contributed by atoms with Gasteiger partial charge in [-0.05, 0) is 12.8 Å². The SMILES string of the molecule is CCCCCCCCCC(CCCCCCC)[n+]1ccccc1. The zero-order chi connectivity index (χ0) is 16.6. The smallest absolute Gasteiger partial charge is 0.169 e. The van der Waals surface area contributed by atoms with Crippen molar-refractivity contribution >= 4 is 0 Å².